The number of rotatable bonds is 5. The first-order valence-electron chi connectivity index (χ1n) is 8.23. The maximum absolute atomic E-state index is 13.1. The average molecular weight is 381 g/mol. The number of benzene rings is 1. The van der Waals surface area contributed by atoms with E-state index in [0.29, 0.717) is 11.4 Å². The first-order chi connectivity index (χ1) is 12.8. The van der Waals surface area contributed by atoms with Crippen LogP contribution >= 0.6 is 0 Å². The van der Waals surface area contributed by atoms with Gasteiger partial charge in [0, 0.05) is 5.56 Å². The molecule has 1 atom stereocenters. The fourth-order valence-electron chi connectivity index (χ4n) is 2.83. The molecule has 1 aliphatic rings. The largest absolute Gasteiger partial charge is 0.487 e. The SMILES string of the molecule is Cc1cccc(C(F)(F)F)c1COc1ccc(N2C[C@@H](CO)NC2=O)nc1. The summed E-state index contributed by atoms with van der Waals surface area (Å²) in [4.78, 5) is 17.3. The van der Waals surface area contributed by atoms with E-state index in [1.165, 1.54) is 29.3 Å². The fourth-order valence-corrected chi connectivity index (χ4v) is 2.83. The summed E-state index contributed by atoms with van der Waals surface area (Å²) in [5, 5.41) is 11.7. The number of alkyl halides is 3. The number of ether oxygens (including phenoxy) is 1. The summed E-state index contributed by atoms with van der Waals surface area (Å²) >= 11 is 0. The Kier molecular flexibility index (Phi) is 5.22. The summed E-state index contributed by atoms with van der Waals surface area (Å²) in [5.41, 5.74) is -0.173. The molecular formula is C18H18F3N3O3. The molecule has 1 aliphatic heterocycles. The number of urea groups is 1. The highest BCUT2D eigenvalue weighted by atomic mass is 19.4. The lowest BCUT2D eigenvalue weighted by atomic mass is 10.0. The summed E-state index contributed by atoms with van der Waals surface area (Å²) in [6.07, 6.45) is -3.11. The average Bonchev–Trinajstić information content (AvgIpc) is 3.01. The molecule has 1 aromatic heterocycles. The number of aromatic nitrogens is 1. The number of anilines is 1. The summed E-state index contributed by atoms with van der Waals surface area (Å²) in [6, 6.07) is 6.32. The van der Waals surface area contributed by atoms with E-state index in [1.54, 1.807) is 13.0 Å². The highest BCUT2D eigenvalue weighted by Crippen LogP contribution is 2.33. The van der Waals surface area contributed by atoms with Gasteiger partial charge in [-0.2, -0.15) is 13.2 Å². The fraction of sp³-hybridized carbons (Fsp3) is 0.333. The zero-order valence-electron chi connectivity index (χ0n) is 14.5. The highest BCUT2D eigenvalue weighted by molar-refractivity contribution is 5.93. The molecule has 1 saturated heterocycles. The number of hydrogen-bond acceptors (Lipinski definition) is 4. The number of nitrogens with zero attached hydrogens (tertiary/aromatic N) is 2. The van der Waals surface area contributed by atoms with Gasteiger partial charge in [0.15, 0.2) is 0 Å². The lowest BCUT2D eigenvalue weighted by Crippen LogP contribution is -2.30. The molecule has 3 rings (SSSR count). The van der Waals surface area contributed by atoms with Crippen LogP contribution in [-0.2, 0) is 12.8 Å². The number of carbonyl (C=O) groups is 1. The van der Waals surface area contributed by atoms with Crippen molar-refractivity contribution in [2.75, 3.05) is 18.1 Å². The van der Waals surface area contributed by atoms with Gasteiger partial charge in [-0.1, -0.05) is 12.1 Å². The predicted molar refractivity (Wildman–Crippen MR) is 91.5 cm³/mol. The Bertz CT molecular complexity index is 825. The van der Waals surface area contributed by atoms with Crippen molar-refractivity contribution in [3.05, 3.63) is 53.2 Å². The Hall–Kier alpha value is -2.81. The molecular weight excluding hydrogens is 363 g/mol. The van der Waals surface area contributed by atoms with Gasteiger partial charge in [0.05, 0.1) is 31.0 Å². The van der Waals surface area contributed by atoms with E-state index >= 15 is 0 Å². The lowest BCUT2D eigenvalue weighted by molar-refractivity contribution is -0.138. The van der Waals surface area contributed by atoms with Crippen molar-refractivity contribution in [1.82, 2.24) is 10.3 Å². The summed E-state index contributed by atoms with van der Waals surface area (Å²) in [7, 11) is 0. The van der Waals surface area contributed by atoms with Crippen LogP contribution in [0.1, 0.15) is 16.7 Å². The smallest absolute Gasteiger partial charge is 0.416 e. The molecule has 2 amide bonds. The number of aryl methyl sites for hydroxylation is 1. The predicted octanol–water partition coefficient (Wildman–Crippen LogP) is 2.88. The second kappa shape index (κ2) is 7.43. The van der Waals surface area contributed by atoms with Gasteiger partial charge in [0.2, 0.25) is 0 Å². The molecule has 144 valence electrons. The first-order valence-corrected chi connectivity index (χ1v) is 8.23. The number of pyridine rings is 1. The molecule has 1 fully saturated rings. The van der Waals surface area contributed by atoms with Crippen molar-refractivity contribution < 1.29 is 27.8 Å². The minimum atomic E-state index is -4.46. The van der Waals surface area contributed by atoms with Crippen molar-refractivity contribution in [3.8, 4) is 5.75 Å². The molecule has 0 aliphatic carbocycles. The summed E-state index contributed by atoms with van der Waals surface area (Å²) in [6.45, 7) is 1.44. The Morgan fingerprint density at radius 1 is 1.33 bits per heavy atom. The lowest BCUT2D eigenvalue weighted by Gasteiger charge is -2.16. The summed E-state index contributed by atoms with van der Waals surface area (Å²) in [5.74, 6) is 0.649. The molecule has 6 nitrogen and oxygen atoms in total. The van der Waals surface area contributed by atoms with Gasteiger partial charge < -0.3 is 15.2 Å². The van der Waals surface area contributed by atoms with E-state index < -0.39 is 11.7 Å². The first kappa shape index (κ1) is 19.0. The molecule has 27 heavy (non-hydrogen) atoms. The molecule has 0 saturated carbocycles. The van der Waals surface area contributed by atoms with Crippen LogP contribution in [0.15, 0.2) is 36.5 Å². The standard InChI is InChI=1S/C18H18F3N3O3/c1-11-3-2-4-15(18(19,20)21)14(11)10-27-13-5-6-16(22-7-13)24-8-12(9-25)23-17(24)26/h2-7,12,25H,8-10H2,1H3,(H,23,26)/t12-/m0/s1. The van der Waals surface area contributed by atoms with Crippen molar-refractivity contribution in [1.29, 1.82) is 0 Å². The normalized spacial score (nSPS) is 17.1. The summed E-state index contributed by atoms with van der Waals surface area (Å²) < 4.78 is 44.9. The molecule has 0 unspecified atom stereocenters. The zero-order valence-corrected chi connectivity index (χ0v) is 14.5. The van der Waals surface area contributed by atoms with E-state index in [-0.39, 0.29) is 43.1 Å². The van der Waals surface area contributed by atoms with Crippen LogP contribution in [0.4, 0.5) is 23.8 Å². The van der Waals surface area contributed by atoms with Gasteiger partial charge in [0.1, 0.15) is 18.2 Å². The second-order valence-corrected chi connectivity index (χ2v) is 6.18. The molecule has 2 aromatic rings. The Labute approximate surface area is 153 Å². The molecule has 0 spiro atoms. The van der Waals surface area contributed by atoms with Crippen LogP contribution in [0.2, 0.25) is 0 Å². The number of aliphatic hydroxyl groups excluding tert-OH is 1. The Morgan fingerprint density at radius 2 is 2.11 bits per heavy atom. The zero-order chi connectivity index (χ0) is 19.6. The molecule has 1 aromatic carbocycles. The maximum atomic E-state index is 13.1. The minimum Gasteiger partial charge on any atom is -0.487 e. The maximum Gasteiger partial charge on any atom is 0.416 e. The van der Waals surface area contributed by atoms with Crippen molar-refractivity contribution in [3.63, 3.8) is 0 Å². The Morgan fingerprint density at radius 3 is 2.70 bits per heavy atom. The van der Waals surface area contributed by atoms with Crippen LogP contribution < -0.4 is 15.0 Å². The number of halogens is 3. The number of carbonyl (C=O) groups excluding carboxylic acids is 1. The third-order valence-electron chi connectivity index (χ3n) is 4.29. The van der Waals surface area contributed by atoms with E-state index in [1.807, 2.05) is 0 Å². The van der Waals surface area contributed by atoms with Crippen LogP contribution in [0.3, 0.4) is 0 Å². The number of aliphatic hydroxyl groups is 1. The highest BCUT2D eigenvalue weighted by Gasteiger charge is 2.34. The number of nitrogens with one attached hydrogen (secondary N) is 1. The monoisotopic (exact) mass is 381 g/mol. The van der Waals surface area contributed by atoms with Crippen LogP contribution in [0.5, 0.6) is 5.75 Å². The van der Waals surface area contributed by atoms with E-state index in [9.17, 15) is 18.0 Å². The van der Waals surface area contributed by atoms with Crippen LogP contribution in [0, 0.1) is 6.92 Å². The van der Waals surface area contributed by atoms with Crippen molar-refractivity contribution in [2.24, 2.45) is 0 Å². The van der Waals surface area contributed by atoms with Gasteiger partial charge in [-0.15, -0.1) is 0 Å². The number of hydrogen-bond donors (Lipinski definition) is 2. The van der Waals surface area contributed by atoms with Gasteiger partial charge in [-0.05, 0) is 30.7 Å². The van der Waals surface area contributed by atoms with Crippen molar-refractivity contribution >= 4 is 11.8 Å². The third-order valence-corrected chi connectivity index (χ3v) is 4.29. The van der Waals surface area contributed by atoms with E-state index in [2.05, 4.69) is 10.3 Å². The third kappa shape index (κ3) is 4.13. The van der Waals surface area contributed by atoms with Gasteiger partial charge >= 0.3 is 12.2 Å². The van der Waals surface area contributed by atoms with Crippen molar-refractivity contribution in [2.45, 2.75) is 25.7 Å². The quantitative estimate of drug-likeness (QED) is 0.835. The van der Waals surface area contributed by atoms with Gasteiger partial charge in [-0.3, -0.25) is 4.90 Å². The minimum absolute atomic E-state index is 0.0683. The van der Waals surface area contributed by atoms with Crippen LogP contribution in [-0.4, -0.2) is 35.3 Å². The molecule has 2 heterocycles. The molecule has 0 radical (unpaired) electrons. The molecule has 0 bridgehead atoms. The van der Waals surface area contributed by atoms with Gasteiger partial charge in [-0.25, -0.2) is 9.78 Å². The Balaban J connectivity index is 1.71. The van der Waals surface area contributed by atoms with E-state index in [4.69, 9.17) is 9.84 Å². The topological polar surface area (TPSA) is 74.7 Å². The second-order valence-electron chi connectivity index (χ2n) is 6.18. The molecule has 2 N–H and O–H groups in total. The number of amides is 2. The van der Waals surface area contributed by atoms with E-state index in [0.717, 1.165) is 6.07 Å². The van der Waals surface area contributed by atoms with Crippen LogP contribution in [0.25, 0.3) is 0 Å². The molecule has 9 heteroatoms. The van der Waals surface area contributed by atoms with Gasteiger partial charge in [0.25, 0.3) is 0 Å².